The third kappa shape index (κ3) is 3.03. The monoisotopic (exact) mass is 239 g/mol. The molecule has 0 spiro atoms. The number of rotatable bonds is 4. The van der Waals surface area contributed by atoms with E-state index in [4.69, 9.17) is 0 Å². The molecule has 0 saturated carbocycles. The number of hydrogen-bond donors (Lipinski definition) is 1. The summed E-state index contributed by atoms with van der Waals surface area (Å²) in [6.45, 7) is 7.81. The number of aromatic nitrogens is 1. The molecule has 1 aliphatic heterocycles. The summed E-state index contributed by atoms with van der Waals surface area (Å²) in [5.74, 6) is 0. The molecule has 3 nitrogen and oxygen atoms in total. The van der Waals surface area contributed by atoms with Gasteiger partial charge in [0.1, 0.15) is 0 Å². The maximum atomic E-state index is 4.36. The highest BCUT2D eigenvalue weighted by atomic mass is 32.1. The van der Waals surface area contributed by atoms with E-state index < -0.39 is 0 Å². The van der Waals surface area contributed by atoms with Crippen molar-refractivity contribution in [3.63, 3.8) is 0 Å². The molecule has 16 heavy (non-hydrogen) atoms. The second kappa shape index (κ2) is 5.75. The zero-order valence-corrected chi connectivity index (χ0v) is 11.0. The van der Waals surface area contributed by atoms with Gasteiger partial charge in [0.2, 0.25) is 0 Å². The Kier molecular flexibility index (Phi) is 4.32. The van der Waals surface area contributed by atoms with Crippen LogP contribution in [0.1, 0.15) is 32.4 Å². The molecule has 0 amide bonds. The second-order valence-electron chi connectivity index (χ2n) is 4.58. The van der Waals surface area contributed by atoms with Gasteiger partial charge in [-0.2, -0.15) is 0 Å². The van der Waals surface area contributed by atoms with Crippen LogP contribution in [0.3, 0.4) is 0 Å². The van der Waals surface area contributed by atoms with Gasteiger partial charge in [0, 0.05) is 30.6 Å². The normalized spacial score (nSPS) is 27.1. The van der Waals surface area contributed by atoms with E-state index in [-0.39, 0.29) is 0 Å². The zero-order valence-electron chi connectivity index (χ0n) is 10.1. The molecule has 1 saturated heterocycles. The number of nitrogens with zero attached hydrogens (tertiary/aromatic N) is 2. The molecule has 90 valence electrons. The summed E-state index contributed by atoms with van der Waals surface area (Å²) >= 11 is 1.69. The van der Waals surface area contributed by atoms with E-state index in [9.17, 15) is 0 Å². The Morgan fingerprint density at radius 2 is 2.50 bits per heavy atom. The summed E-state index contributed by atoms with van der Waals surface area (Å²) in [6, 6.07) is 1.38. The molecule has 0 aliphatic carbocycles. The van der Waals surface area contributed by atoms with Crippen LogP contribution in [0.15, 0.2) is 10.9 Å². The van der Waals surface area contributed by atoms with Crippen molar-refractivity contribution in [3.05, 3.63) is 16.6 Å². The minimum atomic E-state index is 0.666. The van der Waals surface area contributed by atoms with Crippen LogP contribution in [-0.2, 0) is 6.54 Å². The SMILES string of the molecule is CCNC1CCN(Cc2cscn2)C(C)C1. The van der Waals surface area contributed by atoms with Crippen LogP contribution in [0.25, 0.3) is 0 Å². The van der Waals surface area contributed by atoms with Gasteiger partial charge < -0.3 is 5.32 Å². The predicted molar refractivity (Wildman–Crippen MR) is 68.7 cm³/mol. The van der Waals surface area contributed by atoms with Crippen LogP contribution in [0.2, 0.25) is 0 Å². The Labute approximate surface area is 102 Å². The molecule has 1 aromatic heterocycles. The van der Waals surface area contributed by atoms with E-state index in [1.54, 1.807) is 11.3 Å². The van der Waals surface area contributed by atoms with Crippen molar-refractivity contribution >= 4 is 11.3 Å². The van der Waals surface area contributed by atoms with E-state index in [1.807, 2.05) is 5.51 Å². The Bertz CT molecular complexity index is 299. The maximum absolute atomic E-state index is 4.36. The van der Waals surface area contributed by atoms with Gasteiger partial charge in [-0.1, -0.05) is 6.92 Å². The fraction of sp³-hybridized carbons (Fsp3) is 0.750. The molecule has 0 bridgehead atoms. The van der Waals surface area contributed by atoms with Crippen LogP contribution in [0.4, 0.5) is 0 Å². The van der Waals surface area contributed by atoms with E-state index in [2.05, 4.69) is 34.4 Å². The summed E-state index contributed by atoms with van der Waals surface area (Å²) in [7, 11) is 0. The number of piperidine rings is 1. The fourth-order valence-electron chi connectivity index (χ4n) is 2.45. The lowest BCUT2D eigenvalue weighted by Gasteiger charge is -2.37. The first kappa shape index (κ1) is 12.0. The lowest BCUT2D eigenvalue weighted by atomic mass is 9.98. The molecule has 0 aromatic carbocycles. The van der Waals surface area contributed by atoms with Gasteiger partial charge in [0.15, 0.2) is 0 Å². The highest BCUT2D eigenvalue weighted by molar-refractivity contribution is 7.07. The first-order chi connectivity index (χ1) is 7.79. The van der Waals surface area contributed by atoms with Crippen LogP contribution in [0, 0.1) is 0 Å². The molecule has 2 atom stereocenters. The summed E-state index contributed by atoms with van der Waals surface area (Å²) < 4.78 is 0. The van der Waals surface area contributed by atoms with Gasteiger partial charge in [0.25, 0.3) is 0 Å². The standard InChI is InChI=1S/C12H21N3S/c1-3-13-11-4-5-15(10(2)6-11)7-12-8-16-9-14-12/h8-11,13H,3-7H2,1-2H3. The van der Waals surface area contributed by atoms with E-state index in [0.717, 1.165) is 13.1 Å². The van der Waals surface area contributed by atoms with Gasteiger partial charge in [-0.05, 0) is 26.3 Å². The molecule has 2 unspecified atom stereocenters. The van der Waals surface area contributed by atoms with Crippen molar-refractivity contribution in [2.75, 3.05) is 13.1 Å². The maximum Gasteiger partial charge on any atom is 0.0795 e. The zero-order chi connectivity index (χ0) is 11.4. The average Bonchev–Trinajstić information content (AvgIpc) is 2.75. The molecular weight excluding hydrogens is 218 g/mol. The summed E-state index contributed by atoms with van der Waals surface area (Å²) in [5.41, 5.74) is 3.14. The lowest BCUT2D eigenvalue weighted by molar-refractivity contribution is 0.128. The molecule has 1 fully saturated rings. The number of thiazole rings is 1. The predicted octanol–water partition coefficient (Wildman–Crippen LogP) is 2.11. The molecule has 2 heterocycles. The first-order valence-corrected chi connectivity index (χ1v) is 7.08. The second-order valence-corrected chi connectivity index (χ2v) is 5.30. The van der Waals surface area contributed by atoms with Crippen LogP contribution in [0.5, 0.6) is 0 Å². The molecule has 4 heteroatoms. The van der Waals surface area contributed by atoms with Gasteiger partial charge in [-0.3, -0.25) is 4.90 Å². The van der Waals surface area contributed by atoms with E-state index in [1.165, 1.54) is 25.1 Å². The van der Waals surface area contributed by atoms with Crippen LogP contribution in [-0.4, -0.2) is 35.1 Å². The highest BCUT2D eigenvalue weighted by Gasteiger charge is 2.24. The molecule has 0 radical (unpaired) electrons. The Morgan fingerprint density at radius 1 is 1.62 bits per heavy atom. The highest BCUT2D eigenvalue weighted by Crippen LogP contribution is 2.19. The first-order valence-electron chi connectivity index (χ1n) is 6.14. The summed E-state index contributed by atoms with van der Waals surface area (Å²) in [4.78, 5) is 6.91. The Morgan fingerprint density at radius 3 is 3.12 bits per heavy atom. The molecule has 1 N–H and O–H groups in total. The largest absolute Gasteiger partial charge is 0.314 e. The van der Waals surface area contributed by atoms with Gasteiger partial charge >= 0.3 is 0 Å². The van der Waals surface area contributed by atoms with Crippen molar-refractivity contribution in [1.82, 2.24) is 15.2 Å². The van der Waals surface area contributed by atoms with Crippen LogP contribution >= 0.6 is 11.3 Å². The molecule has 1 aromatic rings. The van der Waals surface area contributed by atoms with E-state index >= 15 is 0 Å². The minimum Gasteiger partial charge on any atom is -0.314 e. The van der Waals surface area contributed by atoms with Crippen molar-refractivity contribution in [2.24, 2.45) is 0 Å². The minimum absolute atomic E-state index is 0.666. The topological polar surface area (TPSA) is 28.2 Å². The van der Waals surface area contributed by atoms with Crippen LogP contribution < -0.4 is 5.32 Å². The molecule has 1 aliphatic rings. The van der Waals surface area contributed by atoms with Crippen molar-refractivity contribution in [1.29, 1.82) is 0 Å². The van der Waals surface area contributed by atoms with Crippen molar-refractivity contribution in [2.45, 2.75) is 45.3 Å². The average molecular weight is 239 g/mol. The van der Waals surface area contributed by atoms with Crippen molar-refractivity contribution < 1.29 is 0 Å². The Balaban J connectivity index is 1.84. The molecular formula is C12H21N3S. The van der Waals surface area contributed by atoms with Gasteiger partial charge in [-0.25, -0.2) is 4.98 Å². The lowest BCUT2D eigenvalue weighted by Crippen LogP contribution is -2.46. The fourth-order valence-corrected chi connectivity index (χ4v) is 3.00. The number of likely N-dealkylation sites (tertiary alicyclic amines) is 1. The van der Waals surface area contributed by atoms with Gasteiger partial charge in [0.05, 0.1) is 11.2 Å². The van der Waals surface area contributed by atoms with Gasteiger partial charge in [-0.15, -0.1) is 11.3 Å². The van der Waals surface area contributed by atoms with Crippen molar-refractivity contribution in [3.8, 4) is 0 Å². The third-order valence-electron chi connectivity index (χ3n) is 3.36. The third-order valence-corrected chi connectivity index (χ3v) is 3.99. The number of hydrogen-bond acceptors (Lipinski definition) is 4. The summed E-state index contributed by atoms with van der Waals surface area (Å²) in [5, 5.41) is 5.71. The Hall–Kier alpha value is -0.450. The molecule has 2 rings (SSSR count). The summed E-state index contributed by atoms with van der Waals surface area (Å²) in [6.07, 6.45) is 2.53. The number of nitrogens with one attached hydrogen (secondary N) is 1. The quantitative estimate of drug-likeness (QED) is 0.872. The van der Waals surface area contributed by atoms with E-state index in [0.29, 0.717) is 12.1 Å². The smallest absolute Gasteiger partial charge is 0.0795 e.